The third-order valence-corrected chi connectivity index (χ3v) is 4.03. The van der Waals surface area contributed by atoms with Crippen molar-refractivity contribution < 1.29 is 9.90 Å². The molecule has 0 bridgehead atoms. The van der Waals surface area contributed by atoms with Crippen molar-refractivity contribution in [2.24, 2.45) is 11.8 Å². The van der Waals surface area contributed by atoms with Crippen LogP contribution in [-0.2, 0) is 6.54 Å². The number of carboxylic acids is 1. The maximum atomic E-state index is 11.0. The Morgan fingerprint density at radius 1 is 1.58 bits per heavy atom. The molecule has 1 N–H and O–H groups in total. The summed E-state index contributed by atoms with van der Waals surface area (Å²) in [5.41, 5.74) is 1.43. The molecular weight excluding hydrogens is 266 g/mol. The number of carboxylic acid groups (broad SMARTS) is 1. The van der Waals surface area contributed by atoms with Crippen molar-refractivity contribution in [3.05, 3.63) is 22.7 Å². The molecule has 1 aromatic carbocycles. The van der Waals surface area contributed by atoms with E-state index in [0.717, 1.165) is 18.0 Å². The smallest absolute Gasteiger partial charge is 0.337 e. The standard InChI is InChI=1S/C13H14ClN3O2/c1-7(8-2-3-8)6-17-12-5-10(14)9(13(18)19)4-11(12)15-16-17/h4-5,7-8H,2-3,6H2,1H3,(H,18,19). The predicted octanol–water partition coefficient (Wildman–Crippen LogP) is 2.83. The second-order valence-corrected chi connectivity index (χ2v) is 5.62. The lowest BCUT2D eigenvalue weighted by molar-refractivity contribution is 0.0697. The molecule has 1 atom stereocenters. The molecule has 6 heteroatoms. The van der Waals surface area contributed by atoms with E-state index in [0.29, 0.717) is 11.4 Å². The van der Waals surface area contributed by atoms with E-state index in [1.54, 1.807) is 6.07 Å². The minimum Gasteiger partial charge on any atom is -0.478 e. The van der Waals surface area contributed by atoms with E-state index in [2.05, 4.69) is 17.2 Å². The molecule has 0 saturated heterocycles. The topological polar surface area (TPSA) is 68.0 Å². The number of nitrogens with zero attached hydrogens (tertiary/aromatic N) is 3. The van der Waals surface area contributed by atoms with Crippen LogP contribution in [0.5, 0.6) is 0 Å². The van der Waals surface area contributed by atoms with Crippen molar-refractivity contribution in [1.82, 2.24) is 15.0 Å². The SMILES string of the molecule is CC(Cn1nnc2cc(C(=O)O)c(Cl)cc21)C1CC1. The number of hydrogen-bond donors (Lipinski definition) is 1. The van der Waals surface area contributed by atoms with Gasteiger partial charge in [0.15, 0.2) is 0 Å². The summed E-state index contributed by atoms with van der Waals surface area (Å²) >= 11 is 5.99. The van der Waals surface area contributed by atoms with Crippen LogP contribution in [0, 0.1) is 11.8 Å². The number of benzene rings is 1. The van der Waals surface area contributed by atoms with Crippen molar-refractivity contribution in [3.8, 4) is 0 Å². The van der Waals surface area contributed by atoms with E-state index in [1.165, 1.54) is 18.9 Å². The van der Waals surface area contributed by atoms with Crippen LogP contribution in [0.25, 0.3) is 11.0 Å². The maximum absolute atomic E-state index is 11.0. The van der Waals surface area contributed by atoms with Gasteiger partial charge in [-0.25, -0.2) is 9.48 Å². The average Bonchev–Trinajstić information content (AvgIpc) is 3.14. The van der Waals surface area contributed by atoms with Crippen LogP contribution in [0.2, 0.25) is 5.02 Å². The first-order valence-corrected chi connectivity index (χ1v) is 6.70. The van der Waals surface area contributed by atoms with Gasteiger partial charge < -0.3 is 5.11 Å². The van der Waals surface area contributed by atoms with Gasteiger partial charge in [-0.15, -0.1) is 5.10 Å². The lowest BCUT2D eigenvalue weighted by Crippen LogP contribution is -2.10. The molecule has 1 aliphatic carbocycles. The van der Waals surface area contributed by atoms with Gasteiger partial charge in [0.1, 0.15) is 5.52 Å². The first-order chi connectivity index (χ1) is 9.06. The molecule has 0 radical (unpaired) electrons. The molecule has 2 aromatic rings. The van der Waals surface area contributed by atoms with Crippen LogP contribution in [0.4, 0.5) is 0 Å². The Hall–Kier alpha value is -1.62. The number of aromatic nitrogens is 3. The van der Waals surface area contributed by atoms with E-state index in [1.807, 2.05) is 4.68 Å². The summed E-state index contributed by atoms with van der Waals surface area (Å²) < 4.78 is 1.82. The minimum absolute atomic E-state index is 0.0662. The van der Waals surface area contributed by atoms with E-state index in [9.17, 15) is 4.79 Å². The van der Waals surface area contributed by atoms with Gasteiger partial charge in [0, 0.05) is 6.54 Å². The highest BCUT2D eigenvalue weighted by Gasteiger charge is 2.28. The number of halogens is 1. The fourth-order valence-electron chi connectivity index (χ4n) is 2.37. The first-order valence-electron chi connectivity index (χ1n) is 6.32. The van der Waals surface area contributed by atoms with Crippen LogP contribution < -0.4 is 0 Å². The van der Waals surface area contributed by atoms with Gasteiger partial charge in [-0.05, 0) is 36.8 Å². The van der Waals surface area contributed by atoms with E-state index in [4.69, 9.17) is 16.7 Å². The number of fused-ring (bicyclic) bond motifs is 1. The number of hydrogen-bond acceptors (Lipinski definition) is 3. The van der Waals surface area contributed by atoms with Gasteiger partial charge in [-0.2, -0.15) is 0 Å². The highest BCUT2D eigenvalue weighted by Crippen LogP contribution is 2.37. The molecule has 19 heavy (non-hydrogen) atoms. The Balaban J connectivity index is 1.98. The monoisotopic (exact) mass is 279 g/mol. The number of carbonyl (C=O) groups is 1. The molecule has 1 fully saturated rings. The lowest BCUT2D eigenvalue weighted by Gasteiger charge is -2.10. The molecule has 1 unspecified atom stereocenters. The molecule has 5 nitrogen and oxygen atoms in total. The zero-order chi connectivity index (χ0) is 13.6. The molecule has 0 amide bonds. The Morgan fingerprint density at radius 3 is 2.95 bits per heavy atom. The summed E-state index contributed by atoms with van der Waals surface area (Å²) in [5, 5.41) is 17.4. The van der Waals surface area contributed by atoms with Crippen LogP contribution in [0.3, 0.4) is 0 Å². The van der Waals surface area contributed by atoms with Crippen LogP contribution >= 0.6 is 11.6 Å². The van der Waals surface area contributed by atoms with Crippen molar-refractivity contribution in [3.63, 3.8) is 0 Å². The van der Waals surface area contributed by atoms with Crippen molar-refractivity contribution in [2.45, 2.75) is 26.3 Å². The lowest BCUT2D eigenvalue weighted by atomic mass is 10.1. The largest absolute Gasteiger partial charge is 0.478 e. The van der Waals surface area contributed by atoms with Gasteiger partial charge in [0.05, 0.1) is 16.1 Å². The van der Waals surface area contributed by atoms with E-state index >= 15 is 0 Å². The third-order valence-electron chi connectivity index (χ3n) is 3.72. The summed E-state index contributed by atoms with van der Waals surface area (Å²) in [6, 6.07) is 3.12. The molecule has 3 rings (SSSR count). The summed E-state index contributed by atoms with van der Waals surface area (Å²) in [4.78, 5) is 11.0. The summed E-state index contributed by atoms with van der Waals surface area (Å²) in [6.45, 7) is 3.00. The first kappa shape index (κ1) is 12.4. The van der Waals surface area contributed by atoms with Crippen LogP contribution in [-0.4, -0.2) is 26.1 Å². The number of aromatic carboxylic acids is 1. The van der Waals surface area contributed by atoms with Gasteiger partial charge in [-0.3, -0.25) is 0 Å². The van der Waals surface area contributed by atoms with Crippen LogP contribution in [0.15, 0.2) is 12.1 Å². The summed E-state index contributed by atoms with van der Waals surface area (Å²) in [7, 11) is 0. The Kier molecular flexibility index (Phi) is 2.93. The van der Waals surface area contributed by atoms with Gasteiger partial charge in [0.25, 0.3) is 0 Å². The fourth-order valence-corrected chi connectivity index (χ4v) is 2.61. The van der Waals surface area contributed by atoms with Crippen molar-refractivity contribution in [1.29, 1.82) is 0 Å². The van der Waals surface area contributed by atoms with E-state index in [-0.39, 0.29) is 10.6 Å². The zero-order valence-corrected chi connectivity index (χ0v) is 11.3. The third kappa shape index (κ3) is 2.30. The quantitative estimate of drug-likeness (QED) is 0.934. The summed E-state index contributed by atoms with van der Waals surface area (Å²) in [6.07, 6.45) is 2.58. The molecular formula is C13H14ClN3O2. The molecule has 0 aliphatic heterocycles. The Morgan fingerprint density at radius 2 is 2.32 bits per heavy atom. The Labute approximate surface area is 115 Å². The fraction of sp³-hybridized carbons (Fsp3) is 0.462. The van der Waals surface area contributed by atoms with Gasteiger partial charge in [-0.1, -0.05) is 23.7 Å². The molecule has 100 valence electrons. The highest BCUT2D eigenvalue weighted by molar-refractivity contribution is 6.34. The molecule has 1 saturated carbocycles. The second-order valence-electron chi connectivity index (χ2n) is 5.21. The van der Waals surface area contributed by atoms with Gasteiger partial charge in [0.2, 0.25) is 0 Å². The van der Waals surface area contributed by atoms with Crippen molar-refractivity contribution >= 4 is 28.6 Å². The zero-order valence-electron chi connectivity index (χ0n) is 10.5. The maximum Gasteiger partial charge on any atom is 0.337 e. The summed E-state index contributed by atoms with van der Waals surface area (Å²) in [5.74, 6) is 0.295. The van der Waals surface area contributed by atoms with Gasteiger partial charge >= 0.3 is 5.97 Å². The molecule has 1 heterocycles. The second kappa shape index (κ2) is 4.49. The number of rotatable bonds is 4. The minimum atomic E-state index is -1.05. The highest BCUT2D eigenvalue weighted by atomic mass is 35.5. The molecule has 1 aromatic heterocycles. The normalized spacial score (nSPS) is 16.7. The van der Waals surface area contributed by atoms with Crippen LogP contribution in [0.1, 0.15) is 30.1 Å². The average molecular weight is 280 g/mol. The molecule has 0 spiro atoms. The van der Waals surface area contributed by atoms with Crippen molar-refractivity contribution in [2.75, 3.05) is 0 Å². The Bertz CT molecular complexity index is 649. The van der Waals surface area contributed by atoms with E-state index < -0.39 is 5.97 Å². The molecule has 1 aliphatic rings. The predicted molar refractivity (Wildman–Crippen MR) is 71.4 cm³/mol.